The van der Waals surface area contributed by atoms with Gasteiger partial charge < -0.3 is 15.2 Å². The van der Waals surface area contributed by atoms with Crippen LogP contribution in [0.2, 0.25) is 5.02 Å². The van der Waals surface area contributed by atoms with Crippen molar-refractivity contribution in [1.29, 1.82) is 0 Å². The van der Waals surface area contributed by atoms with Crippen LogP contribution in [-0.2, 0) is 0 Å². The minimum atomic E-state index is -0.522. The molecule has 1 fully saturated rings. The maximum Gasteiger partial charge on any atom is 0.138 e. The molecule has 1 aromatic rings. The maximum absolute atomic E-state index is 10.1. The lowest BCUT2D eigenvalue weighted by molar-refractivity contribution is 0.0947. The first kappa shape index (κ1) is 16.6. The van der Waals surface area contributed by atoms with Crippen LogP contribution in [-0.4, -0.2) is 30.4 Å². The van der Waals surface area contributed by atoms with Crippen LogP contribution in [0.3, 0.4) is 0 Å². The number of aliphatic hydroxyl groups is 1. The van der Waals surface area contributed by atoms with Gasteiger partial charge in [-0.05, 0) is 30.4 Å². The molecule has 0 aliphatic heterocycles. The number of benzene rings is 1. The SMILES string of the molecule is CC1CCCC(NCC(O)COc2ccccc2Cl)C1C. The number of para-hydroxylation sites is 1. The van der Waals surface area contributed by atoms with Crippen LogP contribution < -0.4 is 10.1 Å². The maximum atomic E-state index is 10.1. The predicted octanol–water partition coefficient (Wildman–Crippen LogP) is 3.49. The van der Waals surface area contributed by atoms with Gasteiger partial charge in [0.2, 0.25) is 0 Å². The summed E-state index contributed by atoms with van der Waals surface area (Å²) in [5.74, 6) is 2.04. The molecule has 4 atom stereocenters. The molecule has 1 saturated carbocycles. The van der Waals surface area contributed by atoms with Crippen molar-refractivity contribution in [2.24, 2.45) is 11.8 Å². The number of aliphatic hydroxyl groups excluding tert-OH is 1. The van der Waals surface area contributed by atoms with E-state index in [0.29, 0.717) is 29.3 Å². The lowest BCUT2D eigenvalue weighted by atomic mass is 9.78. The second-order valence-electron chi connectivity index (χ2n) is 6.18. The molecule has 1 aromatic carbocycles. The van der Waals surface area contributed by atoms with Gasteiger partial charge in [0.05, 0.1) is 5.02 Å². The number of hydrogen-bond donors (Lipinski definition) is 2. The molecule has 118 valence electrons. The van der Waals surface area contributed by atoms with Gasteiger partial charge in [-0.15, -0.1) is 0 Å². The summed E-state index contributed by atoms with van der Waals surface area (Å²) in [5.41, 5.74) is 0. The van der Waals surface area contributed by atoms with Crippen molar-refractivity contribution < 1.29 is 9.84 Å². The molecule has 0 radical (unpaired) electrons. The van der Waals surface area contributed by atoms with Gasteiger partial charge in [-0.3, -0.25) is 0 Å². The Balaban J connectivity index is 1.72. The molecule has 4 heteroatoms. The summed E-state index contributed by atoms with van der Waals surface area (Å²) in [7, 11) is 0. The van der Waals surface area contributed by atoms with Gasteiger partial charge >= 0.3 is 0 Å². The highest BCUT2D eigenvalue weighted by Crippen LogP contribution is 2.29. The third kappa shape index (κ3) is 4.87. The Kier molecular flexibility index (Phi) is 6.34. The summed E-state index contributed by atoms with van der Waals surface area (Å²) in [6.45, 7) is 5.43. The lowest BCUT2D eigenvalue weighted by Crippen LogP contribution is -2.44. The minimum Gasteiger partial charge on any atom is -0.489 e. The van der Waals surface area contributed by atoms with E-state index in [-0.39, 0.29) is 6.61 Å². The van der Waals surface area contributed by atoms with Gasteiger partial charge in [-0.25, -0.2) is 0 Å². The van der Waals surface area contributed by atoms with Gasteiger partial charge in [0.25, 0.3) is 0 Å². The smallest absolute Gasteiger partial charge is 0.138 e. The molecule has 0 bridgehead atoms. The van der Waals surface area contributed by atoms with Gasteiger partial charge in [0, 0.05) is 12.6 Å². The Morgan fingerprint density at radius 1 is 1.33 bits per heavy atom. The molecule has 21 heavy (non-hydrogen) atoms. The van der Waals surface area contributed by atoms with Crippen LogP contribution in [0.1, 0.15) is 33.1 Å². The van der Waals surface area contributed by atoms with Crippen molar-refractivity contribution >= 4 is 11.6 Å². The zero-order valence-corrected chi connectivity index (χ0v) is 13.6. The Morgan fingerprint density at radius 3 is 2.86 bits per heavy atom. The highest BCUT2D eigenvalue weighted by Gasteiger charge is 2.26. The van der Waals surface area contributed by atoms with Crippen molar-refractivity contribution in [3.63, 3.8) is 0 Å². The van der Waals surface area contributed by atoms with E-state index in [9.17, 15) is 5.11 Å². The van der Waals surface area contributed by atoms with Crippen LogP contribution in [0.25, 0.3) is 0 Å². The fourth-order valence-electron chi connectivity index (χ4n) is 2.96. The van der Waals surface area contributed by atoms with Crippen LogP contribution in [0.15, 0.2) is 24.3 Å². The first-order valence-electron chi connectivity index (χ1n) is 7.86. The van der Waals surface area contributed by atoms with Gasteiger partial charge in [0.1, 0.15) is 18.5 Å². The zero-order chi connectivity index (χ0) is 15.2. The van der Waals surface area contributed by atoms with E-state index in [0.717, 1.165) is 5.92 Å². The molecule has 0 heterocycles. The largest absolute Gasteiger partial charge is 0.489 e. The second kappa shape index (κ2) is 8.02. The van der Waals surface area contributed by atoms with Crippen LogP contribution in [0.5, 0.6) is 5.75 Å². The van der Waals surface area contributed by atoms with Gasteiger partial charge in [-0.2, -0.15) is 0 Å². The topological polar surface area (TPSA) is 41.5 Å². The number of halogens is 1. The van der Waals surface area contributed by atoms with E-state index in [1.807, 2.05) is 18.2 Å². The summed E-state index contributed by atoms with van der Waals surface area (Å²) in [6, 6.07) is 7.83. The molecule has 1 aliphatic rings. The van der Waals surface area contributed by atoms with E-state index >= 15 is 0 Å². The van der Waals surface area contributed by atoms with Crippen molar-refractivity contribution in [3.8, 4) is 5.75 Å². The molecule has 0 amide bonds. The third-order valence-electron chi connectivity index (χ3n) is 4.59. The van der Waals surface area contributed by atoms with Crippen LogP contribution >= 0.6 is 11.6 Å². The molecule has 0 aromatic heterocycles. The molecule has 2 N–H and O–H groups in total. The molecule has 3 nitrogen and oxygen atoms in total. The zero-order valence-electron chi connectivity index (χ0n) is 12.9. The average molecular weight is 312 g/mol. The quantitative estimate of drug-likeness (QED) is 0.845. The number of rotatable bonds is 6. The highest BCUT2D eigenvalue weighted by molar-refractivity contribution is 6.32. The summed E-state index contributed by atoms with van der Waals surface area (Å²) in [6.07, 6.45) is 3.27. The second-order valence-corrected chi connectivity index (χ2v) is 6.58. The average Bonchev–Trinajstić information content (AvgIpc) is 2.48. The standard InChI is InChI=1S/C17H26ClNO2/c1-12-6-5-8-16(13(12)2)19-10-14(20)11-21-17-9-4-3-7-15(17)18/h3-4,7,9,12-14,16,19-20H,5-6,8,10-11H2,1-2H3. The Morgan fingerprint density at radius 2 is 2.10 bits per heavy atom. The van der Waals surface area contributed by atoms with Crippen molar-refractivity contribution in [3.05, 3.63) is 29.3 Å². The van der Waals surface area contributed by atoms with E-state index < -0.39 is 6.10 Å². The van der Waals surface area contributed by atoms with Crippen LogP contribution in [0.4, 0.5) is 0 Å². The monoisotopic (exact) mass is 311 g/mol. The van der Waals surface area contributed by atoms with E-state index in [4.69, 9.17) is 16.3 Å². The van der Waals surface area contributed by atoms with Gasteiger partial charge in [0.15, 0.2) is 0 Å². The van der Waals surface area contributed by atoms with Crippen molar-refractivity contribution in [2.75, 3.05) is 13.2 Å². The summed E-state index contributed by atoms with van der Waals surface area (Å²) in [4.78, 5) is 0. The molecular formula is C17H26ClNO2. The molecule has 1 aliphatic carbocycles. The number of hydrogen-bond acceptors (Lipinski definition) is 3. The highest BCUT2D eigenvalue weighted by atomic mass is 35.5. The fourth-order valence-corrected chi connectivity index (χ4v) is 3.15. The Labute approximate surface area is 132 Å². The molecule has 4 unspecified atom stereocenters. The van der Waals surface area contributed by atoms with Crippen molar-refractivity contribution in [2.45, 2.75) is 45.3 Å². The molecule has 0 saturated heterocycles. The first-order valence-corrected chi connectivity index (χ1v) is 8.24. The van der Waals surface area contributed by atoms with Gasteiger partial charge in [-0.1, -0.05) is 50.4 Å². The first-order chi connectivity index (χ1) is 10.1. The minimum absolute atomic E-state index is 0.257. The normalized spacial score (nSPS) is 27.3. The number of ether oxygens (including phenoxy) is 1. The van der Waals surface area contributed by atoms with Crippen LogP contribution in [0, 0.1) is 11.8 Å². The summed E-state index contributed by atoms with van der Waals surface area (Å²) in [5, 5.41) is 14.1. The van der Waals surface area contributed by atoms with Crippen molar-refractivity contribution in [1.82, 2.24) is 5.32 Å². The Hall–Kier alpha value is -0.770. The summed E-state index contributed by atoms with van der Waals surface area (Å²) < 4.78 is 5.56. The molecule has 0 spiro atoms. The third-order valence-corrected chi connectivity index (χ3v) is 4.90. The Bertz CT molecular complexity index is 441. The predicted molar refractivity (Wildman–Crippen MR) is 86.9 cm³/mol. The summed E-state index contributed by atoms with van der Waals surface area (Å²) >= 11 is 6.02. The number of nitrogens with one attached hydrogen (secondary N) is 1. The lowest BCUT2D eigenvalue weighted by Gasteiger charge is -2.35. The van der Waals surface area contributed by atoms with E-state index in [1.54, 1.807) is 6.07 Å². The molecular weight excluding hydrogens is 286 g/mol. The fraction of sp³-hybridized carbons (Fsp3) is 0.647. The van der Waals surface area contributed by atoms with E-state index in [2.05, 4.69) is 19.2 Å². The molecule has 2 rings (SSSR count). The van der Waals surface area contributed by atoms with E-state index in [1.165, 1.54) is 19.3 Å².